The second-order valence-corrected chi connectivity index (χ2v) is 5.61. The van der Waals surface area contributed by atoms with Gasteiger partial charge in [-0.05, 0) is 12.5 Å². The van der Waals surface area contributed by atoms with E-state index in [1.54, 1.807) is 0 Å². The Hall–Kier alpha value is -0.760. The number of aliphatic imine (C=N–C) groups is 1. The topological polar surface area (TPSA) is 52.8 Å². The van der Waals surface area contributed by atoms with E-state index >= 15 is 0 Å². The first-order valence-corrected chi connectivity index (χ1v) is 6.97. The van der Waals surface area contributed by atoms with E-state index in [1.165, 1.54) is 5.96 Å². The van der Waals surface area contributed by atoms with Gasteiger partial charge >= 0.3 is 7.72 Å². The molecule has 82 valence electrons. The minimum atomic E-state index is -2.92. The predicted octanol–water partition coefficient (Wildman–Crippen LogP) is 2.11. The summed E-state index contributed by atoms with van der Waals surface area (Å²) in [6.07, 6.45) is 1.05. The lowest BCUT2D eigenvalue weighted by molar-refractivity contribution is 0.469. The molecule has 1 aromatic carbocycles. The summed E-state index contributed by atoms with van der Waals surface area (Å²) in [6.45, 7) is 2.46. The zero-order valence-electron chi connectivity index (χ0n) is 8.87. The van der Waals surface area contributed by atoms with Crippen LogP contribution in [0.3, 0.4) is 0 Å². The maximum atomic E-state index is 9.62. The molecular formula is C11H17NO2P+. The van der Waals surface area contributed by atoms with Crippen LogP contribution in [0.4, 0.5) is 0 Å². The summed E-state index contributed by atoms with van der Waals surface area (Å²) in [6, 6.07) is 9.81. The molecule has 0 aliphatic heterocycles. The number of rotatable bonds is 5. The molecule has 0 radical (unpaired) electrons. The van der Waals surface area contributed by atoms with Crippen LogP contribution in [0.5, 0.6) is 0 Å². The summed E-state index contributed by atoms with van der Waals surface area (Å²) in [5, 5.41) is 0. The van der Waals surface area contributed by atoms with E-state index in [4.69, 9.17) is 0 Å². The predicted molar refractivity (Wildman–Crippen MR) is 65.4 cm³/mol. The van der Waals surface area contributed by atoms with Crippen LogP contribution < -0.4 is 0 Å². The summed E-state index contributed by atoms with van der Waals surface area (Å²) < 4.78 is 0. The SMILES string of the molecule is CCN=C[P+](O)(O)CCc1ccccc1. The first-order valence-electron chi connectivity index (χ1n) is 5.02. The molecule has 0 saturated heterocycles. The highest BCUT2D eigenvalue weighted by Crippen LogP contribution is 2.47. The van der Waals surface area contributed by atoms with E-state index in [1.807, 2.05) is 37.3 Å². The molecule has 0 aliphatic carbocycles. The molecule has 3 nitrogen and oxygen atoms in total. The van der Waals surface area contributed by atoms with Crippen molar-refractivity contribution in [1.82, 2.24) is 0 Å². The van der Waals surface area contributed by atoms with Crippen LogP contribution in [0.15, 0.2) is 35.3 Å². The summed E-state index contributed by atoms with van der Waals surface area (Å²) in [7, 11) is -2.92. The van der Waals surface area contributed by atoms with Gasteiger partial charge in [-0.15, -0.1) is 0 Å². The van der Waals surface area contributed by atoms with Gasteiger partial charge in [0.15, 0.2) is 0 Å². The molecule has 0 saturated carbocycles. The lowest BCUT2D eigenvalue weighted by Gasteiger charge is -2.06. The highest BCUT2D eigenvalue weighted by atomic mass is 31.2. The third kappa shape index (κ3) is 5.03. The van der Waals surface area contributed by atoms with Crippen molar-refractivity contribution in [1.29, 1.82) is 0 Å². The van der Waals surface area contributed by atoms with Gasteiger partial charge in [0, 0.05) is 13.0 Å². The molecule has 0 spiro atoms. The molecule has 4 heteroatoms. The van der Waals surface area contributed by atoms with E-state index in [2.05, 4.69) is 4.99 Å². The second kappa shape index (κ2) is 5.96. The molecule has 1 aromatic rings. The smallest absolute Gasteiger partial charge is 0.254 e. The molecule has 2 N–H and O–H groups in total. The van der Waals surface area contributed by atoms with Crippen LogP contribution in [0.25, 0.3) is 0 Å². The van der Waals surface area contributed by atoms with Crippen molar-refractivity contribution in [2.24, 2.45) is 4.99 Å². The number of benzene rings is 1. The standard InChI is InChI=1S/C11H17NO2P/c1-2-12-10-15(13,14)9-8-11-6-4-3-5-7-11/h3-7,10,13-14H,2,8-9H2,1H3/q+1. The number of hydrogen-bond donors (Lipinski definition) is 2. The van der Waals surface area contributed by atoms with Crippen LogP contribution in [-0.4, -0.2) is 28.4 Å². The fourth-order valence-corrected chi connectivity index (χ4v) is 2.34. The minimum Gasteiger partial charge on any atom is -0.254 e. The van der Waals surface area contributed by atoms with Gasteiger partial charge in [-0.1, -0.05) is 30.3 Å². The van der Waals surface area contributed by atoms with Crippen LogP contribution in [0.2, 0.25) is 0 Å². The van der Waals surface area contributed by atoms with Crippen molar-refractivity contribution in [3.05, 3.63) is 35.9 Å². The fraction of sp³-hybridized carbons (Fsp3) is 0.364. The molecule has 0 unspecified atom stereocenters. The zero-order chi connectivity index (χ0) is 11.1. The number of nitrogens with zero attached hydrogens (tertiary/aromatic N) is 1. The van der Waals surface area contributed by atoms with Crippen molar-refractivity contribution in [3.8, 4) is 0 Å². The van der Waals surface area contributed by atoms with E-state index < -0.39 is 7.72 Å². The Morgan fingerprint density at radius 1 is 1.27 bits per heavy atom. The van der Waals surface area contributed by atoms with Crippen LogP contribution in [0.1, 0.15) is 12.5 Å². The minimum absolute atomic E-state index is 0.376. The Bertz CT molecular complexity index is 312. The van der Waals surface area contributed by atoms with E-state index in [9.17, 15) is 9.79 Å². The Labute approximate surface area is 91.0 Å². The van der Waals surface area contributed by atoms with Crippen molar-refractivity contribution >= 4 is 13.7 Å². The fourth-order valence-electron chi connectivity index (χ4n) is 1.21. The Morgan fingerprint density at radius 2 is 1.93 bits per heavy atom. The highest BCUT2D eigenvalue weighted by molar-refractivity contribution is 7.79. The first-order chi connectivity index (χ1) is 7.14. The van der Waals surface area contributed by atoms with Gasteiger partial charge in [0.1, 0.15) is 6.16 Å². The largest absolute Gasteiger partial charge is 0.311 e. The number of hydrogen-bond acceptors (Lipinski definition) is 3. The van der Waals surface area contributed by atoms with E-state index in [0.717, 1.165) is 5.56 Å². The van der Waals surface area contributed by atoms with Gasteiger partial charge in [0.25, 0.3) is 0 Å². The summed E-state index contributed by atoms with van der Waals surface area (Å²) in [5.74, 6) is 1.32. The second-order valence-electron chi connectivity index (χ2n) is 3.36. The van der Waals surface area contributed by atoms with Crippen molar-refractivity contribution in [3.63, 3.8) is 0 Å². The van der Waals surface area contributed by atoms with Gasteiger partial charge in [-0.2, -0.15) is 0 Å². The van der Waals surface area contributed by atoms with Crippen molar-refractivity contribution in [2.75, 3.05) is 12.7 Å². The summed E-state index contributed by atoms with van der Waals surface area (Å²) >= 11 is 0. The number of aryl methyl sites for hydroxylation is 1. The van der Waals surface area contributed by atoms with Gasteiger partial charge in [0.05, 0.1) is 0 Å². The maximum absolute atomic E-state index is 9.62. The van der Waals surface area contributed by atoms with Crippen LogP contribution in [0, 0.1) is 0 Å². The van der Waals surface area contributed by atoms with Crippen LogP contribution in [-0.2, 0) is 6.42 Å². The molecular weight excluding hydrogens is 209 g/mol. The lowest BCUT2D eigenvalue weighted by atomic mass is 10.2. The summed E-state index contributed by atoms with van der Waals surface area (Å²) in [4.78, 5) is 23.1. The molecule has 0 bridgehead atoms. The Kier molecular flexibility index (Phi) is 4.89. The van der Waals surface area contributed by atoms with Gasteiger partial charge in [-0.3, -0.25) is 4.99 Å². The molecule has 0 heterocycles. The molecule has 0 fully saturated rings. The average Bonchev–Trinajstić information content (AvgIpc) is 2.25. The molecule has 0 atom stereocenters. The Balaban J connectivity index is 2.46. The normalized spacial score (nSPS) is 12.2. The molecule has 15 heavy (non-hydrogen) atoms. The maximum Gasteiger partial charge on any atom is 0.311 e. The zero-order valence-corrected chi connectivity index (χ0v) is 9.77. The molecule has 0 aliphatic rings. The highest BCUT2D eigenvalue weighted by Gasteiger charge is 2.29. The van der Waals surface area contributed by atoms with Crippen molar-refractivity contribution < 1.29 is 9.79 Å². The average molecular weight is 226 g/mol. The van der Waals surface area contributed by atoms with Gasteiger partial charge < -0.3 is 0 Å². The molecule has 0 amide bonds. The van der Waals surface area contributed by atoms with Gasteiger partial charge in [0.2, 0.25) is 5.96 Å². The van der Waals surface area contributed by atoms with E-state index in [0.29, 0.717) is 19.1 Å². The Morgan fingerprint density at radius 3 is 2.53 bits per heavy atom. The molecule has 1 rings (SSSR count). The van der Waals surface area contributed by atoms with Crippen LogP contribution >= 0.6 is 7.72 Å². The summed E-state index contributed by atoms with van der Waals surface area (Å²) in [5.41, 5.74) is 1.12. The van der Waals surface area contributed by atoms with Crippen molar-refractivity contribution in [2.45, 2.75) is 13.3 Å². The monoisotopic (exact) mass is 226 g/mol. The third-order valence-electron chi connectivity index (χ3n) is 2.02. The quantitative estimate of drug-likeness (QED) is 0.596. The molecule has 0 aromatic heterocycles. The lowest BCUT2D eigenvalue weighted by Crippen LogP contribution is -2.01. The first kappa shape index (κ1) is 12.3. The van der Waals surface area contributed by atoms with Gasteiger partial charge in [-0.25, -0.2) is 9.79 Å². The van der Waals surface area contributed by atoms with E-state index in [-0.39, 0.29) is 0 Å². The third-order valence-corrected chi connectivity index (χ3v) is 3.44.